The third kappa shape index (κ3) is 6.14. The average molecular weight is 469 g/mol. The van der Waals surface area contributed by atoms with Crippen LogP contribution >= 0.6 is 0 Å². The molecule has 0 unspecified atom stereocenters. The molecule has 8 heteroatoms. The highest BCUT2D eigenvalue weighted by Crippen LogP contribution is 2.21. The van der Waals surface area contributed by atoms with Crippen LogP contribution in [0.1, 0.15) is 26.3 Å². The minimum Gasteiger partial charge on any atom is -0.489 e. The molecule has 0 radical (unpaired) electrons. The lowest BCUT2D eigenvalue weighted by Gasteiger charge is -2.10. The van der Waals surface area contributed by atoms with Crippen molar-refractivity contribution in [1.82, 2.24) is 10.9 Å². The highest BCUT2D eigenvalue weighted by atomic mass is 16.5. The Kier molecular flexibility index (Phi) is 7.22. The van der Waals surface area contributed by atoms with Crippen LogP contribution in [0.4, 0.5) is 10.5 Å². The second-order valence-corrected chi connectivity index (χ2v) is 7.60. The molecule has 0 saturated carbocycles. The monoisotopic (exact) mass is 469 g/mol. The smallest absolute Gasteiger partial charge is 0.337 e. The summed E-state index contributed by atoms with van der Waals surface area (Å²) >= 11 is 0. The average Bonchev–Trinajstić information content (AvgIpc) is 2.90. The number of amides is 3. The molecule has 3 amide bonds. The van der Waals surface area contributed by atoms with E-state index in [0.29, 0.717) is 23.4 Å². The standard InChI is InChI=1S/C27H23N3O5/c1-34-26(32)22-7-4-8-23(15-22)28-27(33)30-29-25(31)20-11-9-18(10-12-20)17-35-24-14-13-19-5-2-3-6-21(19)16-24/h2-16H,17H2,1H3,(H,29,31)(H2,28,30,33). The molecule has 0 aliphatic rings. The second kappa shape index (κ2) is 10.8. The van der Waals surface area contributed by atoms with Gasteiger partial charge in [-0.25, -0.2) is 15.0 Å². The largest absolute Gasteiger partial charge is 0.489 e. The van der Waals surface area contributed by atoms with Gasteiger partial charge in [0.2, 0.25) is 0 Å². The lowest BCUT2D eigenvalue weighted by atomic mass is 10.1. The second-order valence-electron chi connectivity index (χ2n) is 7.60. The summed E-state index contributed by atoms with van der Waals surface area (Å²) in [5.41, 5.74) is 6.54. The van der Waals surface area contributed by atoms with Gasteiger partial charge in [0, 0.05) is 11.3 Å². The van der Waals surface area contributed by atoms with Gasteiger partial charge in [0.1, 0.15) is 12.4 Å². The van der Waals surface area contributed by atoms with Crippen LogP contribution in [-0.4, -0.2) is 25.0 Å². The first-order valence-corrected chi connectivity index (χ1v) is 10.8. The summed E-state index contributed by atoms with van der Waals surface area (Å²) in [5, 5.41) is 4.78. The number of hydrogen-bond acceptors (Lipinski definition) is 5. The number of methoxy groups -OCH3 is 1. The molecule has 4 rings (SSSR count). The SMILES string of the molecule is COC(=O)c1cccc(NC(=O)NNC(=O)c2ccc(COc3ccc4ccccc4c3)cc2)c1. The predicted molar refractivity (Wildman–Crippen MR) is 132 cm³/mol. The highest BCUT2D eigenvalue weighted by Gasteiger charge is 2.10. The summed E-state index contributed by atoms with van der Waals surface area (Å²) in [6.45, 7) is 0.353. The van der Waals surface area contributed by atoms with E-state index in [-0.39, 0.29) is 0 Å². The molecule has 0 aliphatic carbocycles. The predicted octanol–water partition coefficient (Wildman–Crippen LogP) is 4.67. The van der Waals surface area contributed by atoms with Crippen molar-refractivity contribution in [1.29, 1.82) is 0 Å². The number of nitrogens with one attached hydrogen (secondary N) is 3. The molecule has 0 heterocycles. The third-order valence-electron chi connectivity index (χ3n) is 5.17. The number of hydrazine groups is 1. The molecule has 0 aromatic heterocycles. The Morgan fingerprint density at radius 3 is 2.29 bits per heavy atom. The number of carbonyl (C=O) groups is 3. The molecule has 3 N–H and O–H groups in total. The Bertz CT molecular complexity index is 1370. The lowest BCUT2D eigenvalue weighted by molar-refractivity contribution is 0.0600. The van der Waals surface area contributed by atoms with Crippen molar-refractivity contribution < 1.29 is 23.9 Å². The van der Waals surface area contributed by atoms with Gasteiger partial charge in [-0.1, -0.05) is 48.5 Å². The first kappa shape index (κ1) is 23.3. The molecule has 4 aromatic carbocycles. The van der Waals surface area contributed by atoms with E-state index in [1.165, 1.54) is 13.2 Å². The van der Waals surface area contributed by atoms with E-state index in [2.05, 4.69) is 20.9 Å². The number of benzene rings is 4. The number of anilines is 1. The van der Waals surface area contributed by atoms with Crippen molar-refractivity contribution in [3.63, 3.8) is 0 Å². The van der Waals surface area contributed by atoms with Crippen LogP contribution in [0.15, 0.2) is 91.0 Å². The quantitative estimate of drug-likeness (QED) is 0.281. The van der Waals surface area contributed by atoms with E-state index in [1.54, 1.807) is 42.5 Å². The van der Waals surface area contributed by atoms with Crippen LogP contribution in [0.5, 0.6) is 5.75 Å². The van der Waals surface area contributed by atoms with E-state index in [9.17, 15) is 14.4 Å². The van der Waals surface area contributed by atoms with Crippen molar-refractivity contribution >= 4 is 34.4 Å². The first-order chi connectivity index (χ1) is 17.0. The Morgan fingerprint density at radius 2 is 1.51 bits per heavy atom. The van der Waals surface area contributed by atoms with E-state index < -0.39 is 17.9 Å². The van der Waals surface area contributed by atoms with Crippen LogP contribution in [0, 0.1) is 0 Å². The normalized spacial score (nSPS) is 10.3. The molecule has 35 heavy (non-hydrogen) atoms. The van der Waals surface area contributed by atoms with Crippen LogP contribution < -0.4 is 20.9 Å². The molecular formula is C27H23N3O5. The maximum absolute atomic E-state index is 12.4. The van der Waals surface area contributed by atoms with Gasteiger partial charge in [0.15, 0.2) is 0 Å². The number of rotatable bonds is 6. The van der Waals surface area contributed by atoms with Crippen LogP contribution in [-0.2, 0) is 11.3 Å². The maximum Gasteiger partial charge on any atom is 0.337 e. The van der Waals surface area contributed by atoms with Gasteiger partial charge in [-0.3, -0.25) is 10.2 Å². The molecule has 0 atom stereocenters. The zero-order valence-electron chi connectivity index (χ0n) is 18.9. The summed E-state index contributed by atoms with van der Waals surface area (Å²) in [7, 11) is 1.27. The summed E-state index contributed by atoms with van der Waals surface area (Å²) < 4.78 is 10.5. The Morgan fingerprint density at radius 1 is 0.743 bits per heavy atom. The fraction of sp³-hybridized carbons (Fsp3) is 0.0741. The fourth-order valence-corrected chi connectivity index (χ4v) is 3.37. The third-order valence-corrected chi connectivity index (χ3v) is 5.17. The molecule has 8 nitrogen and oxygen atoms in total. The molecule has 0 fully saturated rings. The molecular weight excluding hydrogens is 446 g/mol. The van der Waals surface area contributed by atoms with Crippen molar-refractivity contribution in [3.8, 4) is 5.75 Å². The summed E-state index contributed by atoms with van der Waals surface area (Å²) in [6.07, 6.45) is 0. The Balaban J connectivity index is 1.26. The Labute approximate surface area is 201 Å². The number of hydrogen-bond donors (Lipinski definition) is 3. The topological polar surface area (TPSA) is 106 Å². The van der Waals surface area contributed by atoms with Gasteiger partial charge in [-0.2, -0.15) is 0 Å². The van der Waals surface area contributed by atoms with Crippen molar-refractivity contribution in [2.24, 2.45) is 0 Å². The number of fused-ring (bicyclic) bond motifs is 1. The number of urea groups is 1. The maximum atomic E-state index is 12.4. The lowest BCUT2D eigenvalue weighted by Crippen LogP contribution is -2.43. The van der Waals surface area contributed by atoms with Crippen LogP contribution in [0.2, 0.25) is 0 Å². The van der Waals surface area contributed by atoms with Crippen molar-refractivity contribution in [3.05, 3.63) is 108 Å². The van der Waals surface area contributed by atoms with Gasteiger partial charge in [-0.15, -0.1) is 0 Å². The molecule has 0 saturated heterocycles. The van der Waals surface area contributed by atoms with Gasteiger partial charge < -0.3 is 14.8 Å². The minimum absolute atomic E-state index is 0.291. The molecule has 0 bridgehead atoms. The summed E-state index contributed by atoms with van der Waals surface area (Å²) in [5.74, 6) is -0.239. The van der Waals surface area contributed by atoms with Crippen LogP contribution in [0.3, 0.4) is 0 Å². The van der Waals surface area contributed by atoms with Crippen molar-refractivity contribution in [2.45, 2.75) is 6.61 Å². The van der Waals surface area contributed by atoms with E-state index in [1.807, 2.05) is 42.5 Å². The van der Waals surface area contributed by atoms with Crippen LogP contribution in [0.25, 0.3) is 10.8 Å². The minimum atomic E-state index is -0.666. The van der Waals surface area contributed by atoms with Gasteiger partial charge >= 0.3 is 12.0 Å². The molecule has 0 spiro atoms. The van der Waals surface area contributed by atoms with E-state index >= 15 is 0 Å². The zero-order chi connectivity index (χ0) is 24.6. The van der Waals surface area contributed by atoms with E-state index in [4.69, 9.17) is 4.74 Å². The van der Waals surface area contributed by atoms with Gasteiger partial charge in [-0.05, 0) is 58.8 Å². The van der Waals surface area contributed by atoms with Gasteiger partial charge in [0.25, 0.3) is 5.91 Å². The molecule has 4 aromatic rings. The van der Waals surface area contributed by atoms with Gasteiger partial charge in [0.05, 0.1) is 12.7 Å². The van der Waals surface area contributed by atoms with E-state index in [0.717, 1.165) is 22.1 Å². The Hall–Kier alpha value is -4.85. The summed E-state index contributed by atoms with van der Waals surface area (Å²) in [6, 6.07) is 26.4. The number of esters is 1. The fourth-order valence-electron chi connectivity index (χ4n) is 3.37. The summed E-state index contributed by atoms with van der Waals surface area (Å²) in [4.78, 5) is 36.0. The zero-order valence-corrected chi connectivity index (χ0v) is 18.9. The highest BCUT2D eigenvalue weighted by molar-refractivity contribution is 5.97. The first-order valence-electron chi connectivity index (χ1n) is 10.8. The molecule has 0 aliphatic heterocycles. The van der Waals surface area contributed by atoms with Crippen molar-refractivity contribution in [2.75, 3.05) is 12.4 Å². The molecule has 176 valence electrons. The number of carbonyl (C=O) groups excluding carboxylic acids is 3. The number of ether oxygens (including phenoxy) is 2.